The number of ether oxygens (including phenoxy) is 1. The van der Waals surface area contributed by atoms with Crippen molar-refractivity contribution in [2.45, 2.75) is 6.54 Å². The van der Waals surface area contributed by atoms with Gasteiger partial charge in [0.25, 0.3) is 0 Å². The third kappa shape index (κ3) is 3.38. The molecule has 0 radical (unpaired) electrons. The van der Waals surface area contributed by atoms with Crippen LogP contribution in [0.5, 0.6) is 5.75 Å². The molecule has 0 saturated heterocycles. The summed E-state index contributed by atoms with van der Waals surface area (Å²) in [6, 6.07) is 10.5. The van der Waals surface area contributed by atoms with Gasteiger partial charge in [0.15, 0.2) is 11.6 Å². The van der Waals surface area contributed by atoms with Gasteiger partial charge in [0.05, 0.1) is 18.5 Å². The van der Waals surface area contributed by atoms with Gasteiger partial charge in [0.1, 0.15) is 0 Å². The molecule has 0 unspecified atom stereocenters. The smallest absolute Gasteiger partial charge is 0.165 e. The Kier molecular flexibility index (Phi) is 4.27. The average Bonchev–Trinajstić information content (AvgIpc) is 2.38. The number of halogens is 2. The first kappa shape index (κ1) is 13.7. The highest BCUT2D eigenvalue weighted by Gasteiger charge is 2.04. The number of hydrogen-bond acceptors (Lipinski definition) is 3. The minimum atomic E-state index is -0.370. The molecule has 3 N–H and O–H groups in total. The molecule has 0 aliphatic heterocycles. The van der Waals surface area contributed by atoms with Crippen molar-refractivity contribution < 1.29 is 9.13 Å². The van der Waals surface area contributed by atoms with Crippen LogP contribution < -0.4 is 15.8 Å². The van der Waals surface area contributed by atoms with Gasteiger partial charge in [-0.25, -0.2) is 4.39 Å². The molecule has 100 valence electrons. The van der Waals surface area contributed by atoms with Crippen LogP contribution in [0, 0.1) is 5.82 Å². The molecule has 0 atom stereocenters. The molecule has 0 aromatic heterocycles. The average molecular weight is 325 g/mol. The molecule has 0 fully saturated rings. The molecule has 3 nitrogen and oxygen atoms in total. The highest BCUT2D eigenvalue weighted by atomic mass is 79.9. The first-order valence-electron chi connectivity index (χ1n) is 5.71. The van der Waals surface area contributed by atoms with Crippen molar-refractivity contribution in [1.82, 2.24) is 0 Å². The van der Waals surface area contributed by atoms with Crippen LogP contribution in [0.3, 0.4) is 0 Å². The molecule has 2 rings (SSSR count). The molecule has 0 spiro atoms. The highest BCUT2D eigenvalue weighted by Crippen LogP contribution is 2.24. The molecule has 0 heterocycles. The van der Waals surface area contributed by atoms with Gasteiger partial charge in [-0.15, -0.1) is 0 Å². The van der Waals surface area contributed by atoms with Gasteiger partial charge < -0.3 is 15.8 Å². The summed E-state index contributed by atoms with van der Waals surface area (Å²) in [5, 5.41) is 3.17. The number of nitrogens with one attached hydrogen (secondary N) is 1. The van der Waals surface area contributed by atoms with Crippen molar-refractivity contribution >= 4 is 27.3 Å². The molecule has 2 aromatic carbocycles. The molecular weight excluding hydrogens is 311 g/mol. The van der Waals surface area contributed by atoms with E-state index in [0.717, 1.165) is 15.7 Å². The molecular formula is C14H14BrFN2O. The Balaban J connectivity index is 2.08. The van der Waals surface area contributed by atoms with E-state index in [-0.39, 0.29) is 11.6 Å². The Morgan fingerprint density at radius 2 is 2.05 bits per heavy atom. The fraction of sp³-hybridized carbons (Fsp3) is 0.143. The van der Waals surface area contributed by atoms with Crippen LogP contribution in [0.15, 0.2) is 40.9 Å². The predicted octanol–water partition coefficient (Wildman–Crippen LogP) is 3.79. The summed E-state index contributed by atoms with van der Waals surface area (Å²) in [6.45, 7) is 0.493. The molecule has 0 aliphatic carbocycles. The number of nitrogen functional groups attached to an aromatic ring is 1. The molecule has 19 heavy (non-hydrogen) atoms. The Bertz CT molecular complexity index is 590. The number of nitrogens with two attached hydrogens (primary N) is 1. The van der Waals surface area contributed by atoms with Crippen LogP contribution in [-0.2, 0) is 6.54 Å². The lowest BCUT2D eigenvalue weighted by Crippen LogP contribution is -2.03. The summed E-state index contributed by atoms with van der Waals surface area (Å²) >= 11 is 3.35. The van der Waals surface area contributed by atoms with Crippen molar-refractivity contribution in [2.24, 2.45) is 0 Å². The molecule has 0 aliphatic rings. The van der Waals surface area contributed by atoms with Gasteiger partial charge in [-0.1, -0.05) is 22.0 Å². The zero-order valence-electron chi connectivity index (χ0n) is 10.4. The maximum Gasteiger partial charge on any atom is 0.165 e. The first-order valence-corrected chi connectivity index (χ1v) is 6.51. The SMILES string of the molecule is COc1ccc(CNc2ccc(Br)cc2N)cc1F. The van der Waals surface area contributed by atoms with Crippen molar-refractivity contribution in [3.63, 3.8) is 0 Å². The zero-order valence-corrected chi connectivity index (χ0v) is 12.0. The minimum absolute atomic E-state index is 0.243. The summed E-state index contributed by atoms with van der Waals surface area (Å²) in [6.07, 6.45) is 0. The second-order valence-corrected chi connectivity index (χ2v) is 4.97. The lowest BCUT2D eigenvalue weighted by molar-refractivity contribution is 0.386. The van der Waals surface area contributed by atoms with Crippen LogP contribution in [-0.4, -0.2) is 7.11 Å². The Morgan fingerprint density at radius 3 is 2.68 bits per heavy atom. The van der Waals surface area contributed by atoms with Crippen LogP contribution in [0.4, 0.5) is 15.8 Å². The summed E-state index contributed by atoms with van der Waals surface area (Å²) in [4.78, 5) is 0. The minimum Gasteiger partial charge on any atom is -0.494 e. The standard InChI is InChI=1S/C14H14BrFN2O/c1-19-14-5-2-9(6-11(14)16)8-18-13-4-3-10(15)7-12(13)17/h2-7,18H,8,17H2,1H3. The van der Waals surface area contributed by atoms with Crippen molar-refractivity contribution in [3.05, 3.63) is 52.3 Å². The van der Waals surface area contributed by atoms with Gasteiger partial charge in [-0.3, -0.25) is 0 Å². The normalized spacial score (nSPS) is 10.3. The van der Waals surface area contributed by atoms with Crippen molar-refractivity contribution in [2.75, 3.05) is 18.2 Å². The number of hydrogen-bond donors (Lipinski definition) is 2. The monoisotopic (exact) mass is 324 g/mol. The number of methoxy groups -OCH3 is 1. The Hall–Kier alpha value is -1.75. The van der Waals surface area contributed by atoms with E-state index in [0.29, 0.717) is 12.2 Å². The predicted molar refractivity (Wildman–Crippen MR) is 78.8 cm³/mol. The highest BCUT2D eigenvalue weighted by molar-refractivity contribution is 9.10. The van der Waals surface area contributed by atoms with Gasteiger partial charge in [0, 0.05) is 11.0 Å². The first-order chi connectivity index (χ1) is 9.10. The summed E-state index contributed by atoms with van der Waals surface area (Å²) in [7, 11) is 1.44. The lowest BCUT2D eigenvalue weighted by Gasteiger charge is -2.10. The maximum absolute atomic E-state index is 13.5. The second kappa shape index (κ2) is 5.93. The van der Waals surface area contributed by atoms with E-state index in [1.54, 1.807) is 6.07 Å². The maximum atomic E-state index is 13.5. The Labute approximate surface area is 119 Å². The number of rotatable bonds is 4. The van der Waals surface area contributed by atoms with Crippen LogP contribution in [0.25, 0.3) is 0 Å². The second-order valence-electron chi connectivity index (χ2n) is 4.05. The van der Waals surface area contributed by atoms with E-state index in [2.05, 4.69) is 21.2 Å². The van der Waals surface area contributed by atoms with Crippen molar-refractivity contribution in [1.29, 1.82) is 0 Å². The summed E-state index contributed by atoms with van der Waals surface area (Å²) in [5.74, 6) is -0.127. The third-order valence-electron chi connectivity index (χ3n) is 2.71. The van der Waals surface area contributed by atoms with Crippen LogP contribution in [0.1, 0.15) is 5.56 Å². The summed E-state index contributed by atoms with van der Waals surface area (Å²) in [5.41, 5.74) is 8.16. The lowest BCUT2D eigenvalue weighted by atomic mass is 10.2. The van der Waals surface area contributed by atoms with Crippen LogP contribution >= 0.6 is 15.9 Å². The topological polar surface area (TPSA) is 47.3 Å². The quantitative estimate of drug-likeness (QED) is 0.841. The van der Waals surface area contributed by atoms with E-state index in [9.17, 15) is 4.39 Å². The zero-order chi connectivity index (χ0) is 13.8. The van der Waals surface area contributed by atoms with Gasteiger partial charge >= 0.3 is 0 Å². The Morgan fingerprint density at radius 1 is 1.26 bits per heavy atom. The van der Waals surface area contributed by atoms with E-state index in [4.69, 9.17) is 10.5 Å². The van der Waals surface area contributed by atoms with Crippen LogP contribution in [0.2, 0.25) is 0 Å². The molecule has 0 bridgehead atoms. The third-order valence-corrected chi connectivity index (χ3v) is 3.21. The number of benzene rings is 2. The largest absolute Gasteiger partial charge is 0.494 e. The van der Waals surface area contributed by atoms with Crippen molar-refractivity contribution in [3.8, 4) is 5.75 Å². The number of anilines is 2. The molecule has 5 heteroatoms. The molecule has 0 saturated carbocycles. The van der Waals surface area contributed by atoms with Gasteiger partial charge in [-0.2, -0.15) is 0 Å². The van der Waals surface area contributed by atoms with Gasteiger partial charge in [-0.05, 0) is 35.9 Å². The van der Waals surface area contributed by atoms with Gasteiger partial charge in [0.2, 0.25) is 0 Å². The fourth-order valence-electron chi connectivity index (χ4n) is 1.71. The van der Waals surface area contributed by atoms with E-state index >= 15 is 0 Å². The van der Waals surface area contributed by atoms with E-state index in [1.807, 2.05) is 24.3 Å². The van der Waals surface area contributed by atoms with E-state index < -0.39 is 0 Å². The van der Waals surface area contributed by atoms with E-state index in [1.165, 1.54) is 13.2 Å². The molecule has 0 amide bonds. The fourth-order valence-corrected chi connectivity index (χ4v) is 2.09. The summed E-state index contributed by atoms with van der Waals surface area (Å²) < 4.78 is 19.3. The molecule has 2 aromatic rings.